The Morgan fingerprint density at radius 2 is 1.81 bits per heavy atom. The summed E-state index contributed by atoms with van der Waals surface area (Å²) in [6.07, 6.45) is -3.01. The fourth-order valence-electron chi connectivity index (χ4n) is 2.34. The second kappa shape index (κ2) is 5.24. The van der Waals surface area contributed by atoms with Crippen molar-refractivity contribution in [3.05, 3.63) is 65.0 Å². The number of hydrogen-bond donors (Lipinski definition) is 0. The third-order valence-corrected chi connectivity index (χ3v) is 3.44. The first kappa shape index (κ1) is 13.7. The SMILES string of the molecule is O=C1CC(c2ccc(C(F)F)cc2)Oc2ccc(F)cc21. The summed E-state index contributed by atoms with van der Waals surface area (Å²) in [6, 6.07) is 9.44. The Balaban J connectivity index is 1.88. The van der Waals surface area contributed by atoms with Crippen molar-refractivity contribution in [2.45, 2.75) is 19.0 Å². The highest BCUT2D eigenvalue weighted by molar-refractivity contribution is 6.00. The smallest absolute Gasteiger partial charge is 0.263 e. The maximum Gasteiger partial charge on any atom is 0.263 e. The number of hydrogen-bond acceptors (Lipinski definition) is 2. The average molecular weight is 292 g/mol. The quantitative estimate of drug-likeness (QED) is 0.816. The van der Waals surface area contributed by atoms with Crippen LogP contribution in [0.2, 0.25) is 0 Å². The lowest BCUT2D eigenvalue weighted by Crippen LogP contribution is -2.20. The van der Waals surface area contributed by atoms with Gasteiger partial charge in [-0.1, -0.05) is 24.3 Å². The van der Waals surface area contributed by atoms with Crippen LogP contribution in [0.1, 0.15) is 40.4 Å². The van der Waals surface area contributed by atoms with E-state index in [-0.39, 0.29) is 23.3 Å². The van der Waals surface area contributed by atoms with Gasteiger partial charge in [0, 0.05) is 5.56 Å². The van der Waals surface area contributed by atoms with Gasteiger partial charge in [-0.15, -0.1) is 0 Å². The summed E-state index contributed by atoms with van der Waals surface area (Å²) >= 11 is 0. The van der Waals surface area contributed by atoms with Gasteiger partial charge in [-0.3, -0.25) is 4.79 Å². The van der Waals surface area contributed by atoms with E-state index in [9.17, 15) is 18.0 Å². The number of ketones is 1. The van der Waals surface area contributed by atoms with Crippen LogP contribution in [0.25, 0.3) is 0 Å². The minimum atomic E-state index is -2.53. The standard InChI is InChI=1S/C16H11F3O2/c17-11-5-6-14-12(7-11)13(20)8-15(21-14)9-1-3-10(4-2-9)16(18)19/h1-7,15-16H,8H2. The van der Waals surface area contributed by atoms with Crippen LogP contribution in [0.4, 0.5) is 13.2 Å². The van der Waals surface area contributed by atoms with E-state index in [1.54, 1.807) is 0 Å². The molecule has 108 valence electrons. The average Bonchev–Trinajstić information content (AvgIpc) is 2.48. The Morgan fingerprint density at radius 3 is 2.48 bits per heavy atom. The van der Waals surface area contributed by atoms with E-state index in [2.05, 4.69) is 0 Å². The van der Waals surface area contributed by atoms with Crippen molar-refractivity contribution in [1.82, 2.24) is 0 Å². The maximum absolute atomic E-state index is 13.1. The number of rotatable bonds is 2. The van der Waals surface area contributed by atoms with Gasteiger partial charge >= 0.3 is 0 Å². The van der Waals surface area contributed by atoms with E-state index in [1.807, 2.05) is 0 Å². The lowest BCUT2D eigenvalue weighted by Gasteiger charge is -2.25. The highest BCUT2D eigenvalue weighted by Crippen LogP contribution is 2.35. The number of halogens is 3. The minimum Gasteiger partial charge on any atom is -0.484 e. The van der Waals surface area contributed by atoms with Crippen molar-refractivity contribution in [2.75, 3.05) is 0 Å². The molecule has 0 amide bonds. The molecule has 1 atom stereocenters. The van der Waals surface area contributed by atoms with Gasteiger partial charge in [0.25, 0.3) is 6.43 Å². The van der Waals surface area contributed by atoms with Crippen LogP contribution >= 0.6 is 0 Å². The summed E-state index contributed by atoms with van der Waals surface area (Å²) < 4.78 is 43.8. The Bertz CT molecular complexity index is 680. The fraction of sp³-hybridized carbons (Fsp3) is 0.188. The molecule has 0 fully saturated rings. The van der Waals surface area contributed by atoms with Crippen LogP contribution < -0.4 is 4.74 Å². The van der Waals surface area contributed by atoms with Crippen LogP contribution in [0.3, 0.4) is 0 Å². The molecule has 1 aliphatic rings. The van der Waals surface area contributed by atoms with E-state index in [4.69, 9.17) is 4.74 Å². The molecule has 0 aliphatic carbocycles. The van der Waals surface area contributed by atoms with E-state index in [0.717, 1.165) is 6.07 Å². The molecule has 2 aromatic rings. The molecule has 0 aromatic heterocycles. The molecule has 1 unspecified atom stereocenters. The Kier molecular flexibility index (Phi) is 3.41. The molecule has 1 heterocycles. The Labute approximate surface area is 119 Å². The topological polar surface area (TPSA) is 26.3 Å². The summed E-state index contributed by atoms with van der Waals surface area (Å²) in [5.74, 6) is -0.403. The van der Waals surface area contributed by atoms with Crippen LogP contribution in [0.5, 0.6) is 5.75 Å². The molecule has 3 rings (SSSR count). The maximum atomic E-state index is 13.1. The van der Waals surface area contributed by atoms with Gasteiger partial charge in [0.2, 0.25) is 0 Å². The van der Waals surface area contributed by atoms with Crippen molar-refractivity contribution in [2.24, 2.45) is 0 Å². The number of carbonyl (C=O) groups excluding carboxylic acids is 1. The number of Topliss-reactive ketones (excluding diaryl/α,β-unsaturated/α-hetero) is 1. The van der Waals surface area contributed by atoms with Gasteiger partial charge in [-0.25, -0.2) is 13.2 Å². The molecule has 21 heavy (non-hydrogen) atoms. The van der Waals surface area contributed by atoms with Crippen LogP contribution in [-0.2, 0) is 0 Å². The van der Waals surface area contributed by atoms with Crippen LogP contribution in [-0.4, -0.2) is 5.78 Å². The van der Waals surface area contributed by atoms with Crippen molar-refractivity contribution in [3.63, 3.8) is 0 Å². The molecule has 2 nitrogen and oxygen atoms in total. The monoisotopic (exact) mass is 292 g/mol. The lowest BCUT2D eigenvalue weighted by molar-refractivity contribution is 0.0848. The molecule has 0 bridgehead atoms. The molecule has 1 aliphatic heterocycles. The number of ether oxygens (including phenoxy) is 1. The molecule has 0 saturated carbocycles. The molecule has 0 saturated heterocycles. The number of benzene rings is 2. The van der Waals surface area contributed by atoms with Gasteiger partial charge in [0.1, 0.15) is 17.7 Å². The number of fused-ring (bicyclic) bond motifs is 1. The summed E-state index contributed by atoms with van der Waals surface area (Å²) in [6.45, 7) is 0. The Hall–Kier alpha value is -2.30. The zero-order valence-electron chi connectivity index (χ0n) is 10.9. The van der Waals surface area contributed by atoms with Crippen LogP contribution in [0, 0.1) is 5.82 Å². The van der Waals surface area contributed by atoms with Crippen molar-refractivity contribution < 1.29 is 22.7 Å². The first-order valence-electron chi connectivity index (χ1n) is 6.42. The first-order chi connectivity index (χ1) is 10.0. The normalized spacial score (nSPS) is 17.5. The fourth-order valence-corrected chi connectivity index (χ4v) is 2.34. The van der Waals surface area contributed by atoms with Gasteiger partial charge in [-0.05, 0) is 23.8 Å². The van der Waals surface area contributed by atoms with Crippen molar-refractivity contribution in [3.8, 4) is 5.75 Å². The highest BCUT2D eigenvalue weighted by atomic mass is 19.3. The van der Waals surface area contributed by atoms with Gasteiger partial charge in [-0.2, -0.15) is 0 Å². The summed E-state index contributed by atoms with van der Waals surface area (Å²) in [5.41, 5.74) is 0.779. The highest BCUT2D eigenvalue weighted by Gasteiger charge is 2.28. The van der Waals surface area contributed by atoms with Crippen molar-refractivity contribution in [1.29, 1.82) is 0 Å². The molecule has 2 aromatic carbocycles. The van der Waals surface area contributed by atoms with Crippen molar-refractivity contribution >= 4 is 5.78 Å². The second-order valence-corrected chi connectivity index (χ2v) is 4.84. The summed E-state index contributed by atoms with van der Waals surface area (Å²) in [5, 5.41) is 0. The number of alkyl halides is 2. The van der Waals surface area contributed by atoms with Gasteiger partial charge in [0.05, 0.1) is 12.0 Å². The van der Waals surface area contributed by atoms with E-state index in [1.165, 1.54) is 36.4 Å². The van der Waals surface area contributed by atoms with Gasteiger partial charge < -0.3 is 4.74 Å². The van der Waals surface area contributed by atoms with E-state index < -0.39 is 18.3 Å². The largest absolute Gasteiger partial charge is 0.484 e. The molecule has 0 radical (unpaired) electrons. The second-order valence-electron chi connectivity index (χ2n) is 4.84. The number of carbonyl (C=O) groups is 1. The molecule has 0 spiro atoms. The summed E-state index contributed by atoms with van der Waals surface area (Å²) in [7, 11) is 0. The Morgan fingerprint density at radius 1 is 1.10 bits per heavy atom. The first-order valence-corrected chi connectivity index (χ1v) is 6.42. The molecule has 0 N–H and O–H groups in total. The predicted octanol–water partition coefficient (Wildman–Crippen LogP) is 4.47. The lowest BCUT2D eigenvalue weighted by atomic mass is 9.96. The zero-order valence-corrected chi connectivity index (χ0v) is 10.9. The third kappa shape index (κ3) is 2.63. The molecule has 5 heteroatoms. The third-order valence-electron chi connectivity index (χ3n) is 3.44. The zero-order chi connectivity index (χ0) is 15.0. The van der Waals surface area contributed by atoms with E-state index in [0.29, 0.717) is 11.3 Å². The molecular weight excluding hydrogens is 281 g/mol. The summed E-state index contributed by atoms with van der Waals surface area (Å²) in [4.78, 5) is 12.0. The van der Waals surface area contributed by atoms with Gasteiger partial charge in [0.15, 0.2) is 5.78 Å². The van der Waals surface area contributed by atoms with Crippen LogP contribution in [0.15, 0.2) is 42.5 Å². The minimum absolute atomic E-state index is 0.0600. The van der Waals surface area contributed by atoms with E-state index >= 15 is 0 Å². The molecular formula is C16H11F3O2. The predicted molar refractivity (Wildman–Crippen MR) is 70.1 cm³/mol.